The van der Waals surface area contributed by atoms with Gasteiger partial charge in [0.05, 0.1) is 0 Å². The molecular formula is C18H27NS2. The van der Waals surface area contributed by atoms with Gasteiger partial charge in [-0.3, -0.25) is 0 Å². The molecule has 0 aliphatic heterocycles. The Morgan fingerprint density at radius 3 is 2.43 bits per heavy atom. The molecule has 21 heavy (non-hydrogen) atoms. The van der Waals surface area contributed by atoms with E-state index in [2.05, 4.69) is 47.3 Å². The summed E-state index contributed by atoms with van der Waals surface area (Å²) in [6, 6.07) is 9.31. The third-order valence-corrected chi connectivity index (χ3v) is 5.68. The summed E-state index contributed by atoms with van der Waals surface area (Å²) in [4.78, 5) is 2.94. The third-order valence-electron chi connectivity index (χ3n) is 3.79. The van der Waals surface area contributed by atoms with Crippen molar-refractivity contribution in [3.05, 3.63) is 44.8 Å². The Kier molecular flexibility index (Phi) is 8.08. The van der Waals surface area contributed by atoms with Gasteiger partial charge in [-0.05, 0) is 35.9 Å². The Bertz CT molecular complexity index is 448. The number of thiophene rings is 2. The maximum absolute atomic E-state index is 3.77. The van der Waals surface area contributed by atoms with Crippen molar-refractivity contribution < 1.29 is 0 Å². The van der Waals surface area contributed by atoms with E-state index in [1.54, 1.807) is 0 Å². The molecular weight excluding hydrogens is 294 g/mol. The lowest BCUT2D eigenvalue weighted by molar-refractivity contribution is 0.508. The molecule has 0 aliphatic carbocycles. The molecule has 0 aliphatic rings. The summed E-state index contributed by atoms with van der Waals surface area (Å²) >= 11 is 3.74. The molecule has 2 heterocycles. The van der Waals surface area contributed by atoms with E-state index in [1.165, 1.54) is 48.3 Å². The molecule has 0 amide bonds. The van der Waals surface area contributed by atoms with Gasteiger partial charge in [0.2, 0.25) is 0 Å². The van der Waals surface area contributed by atoms with E-state index in [9.17, 15) is 0 Å². The predicted octanol–water partition coefficient (Wildman–Crippen LogP) is 6.04. The van der Waals surface area contributed by atoms with Gasteiger partial charge in [-0.1, -0.05) is 51.2 Å². The molecule has 116 valence electrons. The largest absolute Gasteiger partial charge is 0.309 e. The first kappa shape index (κ1) is 16.7. The first-order valence-corrected chi connectivity index (χ1v) is 9.95. The molecule has 0 saturated carbocycles. The topological polar surface area (TPSA) is 12.0 Å². The van der Waals surface area contributed by atoms with Crippen molar-refractivity contribution in [3.63, 3.8) is 0 Å². The Balaban J connectivity index is 1.72. The molecule has 0 aromatic carbocycles. The molecule has 0 spiro atoms. The Hall–Kier alpha value is -0.640. The van der Waals surface area contributed by atoms with Crippen LogP contribution < -0.4 is 5.32 Å². The smallest absolute Gasteiger partial charge is 0.0463 e. The fourth-order valence-corrected chi connectivity index (χ4v) is 4.13. The summed E-state index contributed by atoms with van der Waals surface area (Å²) in [6.45, 7) is 3.41. The van der Waals surface area contributed by atoms with Gasteiger partial charge in [0.1, 0.15) is 0 Å². The highest BCUT2D eigenvalue weighted by Gasteiger charge is 2.13. The molecule has 1 atom stereocenters. The van der Waals surface area contributed by atoms with E-state index in [4.69, 9.17) is 0 Å². The van der Waals surface area contributed by atoms with Crippen molar-refractivity contribution in [1.82, 2.24) is 5.32 Å². The summed E-state index contributed by atoms with van der Waals surface area (Å²) in [6.07, 6.45) is 9.31. The van der Waals surface area contributed by atoms with E-state index >= 15 is 0 Å². The number of rotatable bonds is 11. The molecule has 0 saturated heterocycles. The highest BCUT2D eigenvalue weighted by Crippen LogP contribution is 2.25. The number of hydrogen-bond acceptors (Lipinski definition) is 3. The average molecular weight is 322 g/mol. The van der Waals surface area contributed by atoms with Crippen LogP contribution in [0.1, 0.15) is 61.2 Å². The minimum absolute atomic E-state index is 0.485. The first-order valence-electron chi connectivity index (χ1n) is 8.19. The minimum atomic E-state index is 0.485. The Morgan fingerprint density at radius 2 is 1.71 bits per heavy atom. The lowest BCUT2D eigenvalue weighted by atomic mass is 10.1. The predicted molar refractivity (Wildman–Crippen MR) is 96.5 cm³/mol. The van der Waals surface area contributed by atoms with Crippen LogP contribution in [0.2, 0.25) is 0 Å². The molecule has 2 aromatic heterocycles. The molecule has 2 rings (SSSR count). The summed E-state index contributed by atoms with van der Waals surface area (Å²) in [5.74, 6) is 0. The molecule has 3 heteroatoms. The highest BCUT2D eigenvalue weighted by molar-refractivity contribution is 7.10. The zero-order valence-corrected chi connectivity index (χ0v) is 14.6. The average Bonchev–Trinajstić information content (AvgIpc) is 3.18. The van der Waals surface area contributed by atoms with Crippen LogP contribution in [-0.4, -0.2) is 6.54 Å². The van der Waals surface area contributed by atoms with Gasteiger partial charge < -0.3 is 5.32 Å². The van der Waals surface area contributed by atoms with Crippen molar-refractivity contribution in [1.29, 1.82) is 0 Å². The highest BCUT2D eigenvalue weighted by atomic mass is 32.1. The fourth-order valence-electron chi connectivity index (χ4n) is 2.57. The van der Waals surface area contributed by atoms with Gasteiger partial charge in [0, 0.05) is 22.2 Å². The molecule has 0 fully saturated rings. The quantitative estimate of drug-likeness (QED) is 0.497. The van der Waals surface area contributed by atoms with Crippen LogP contribution in [0.4, 0.5) is 0 Å². The zero-order valence-electron chi connectivity index (χ0n) is 13.0. The minimum Gasteiger partial charge on any atom is -0.309 e. The fraction of sp³-hybridized carbons (Fsp3) is 0.556. The van der Waals surface area contributed by atoms with Crippen LogP contribution in [0.3, 0.4) is 0 Å². The second-order valence-corrected chi connectivity index (χ2v) is 7.58. The van der Waals surface area contributed by atoms with Crippen molar-refractivity contribution in [3.8, 4) is 0 Å². The molecule has 2 aromatic rings. The first-order chi connectivity index (χ1) is 10.4. The molecule has 0 bridgehead atoms. The van der Waals surface area contributed by atoms with Gasteiger partial charge >= 0.3 is 0 Å². The van der Waals surface area contributed by atoms with Gasteiger partial charge in [0.15, 0.2) is 0 Å². The number of nitrogens with one attached hydrogen (secondary N) is 1. The van der Waals surface area contributed by atoms with Crippen LogP contribution in [0.25, 0.3) is 0 Å². The van der Waals surface area contributed by atoms with Crippen LogP contribution >= 0.6 is 22.7 Å². The summed E-state index contributed by atoms with van der Waals surface area (Å²) in [5.41, 5.74) is 0. The van der Waals surface area contributed by atoms with E-state index in [-0.39, 0.29) is 0 Å². The van der Waals surface area contributed by atoms with Crippen LogP contribution in [0.15, 0.2) is 35.0 Å². The van der Waals surface area contributed by atoms with E-state index in [0.29, 0.717) is 6.04 Å². The Morgan fingerprint density at radius 1 is 0.952 bits per heavy atom. The maximum atomic E-state index is 3.77. The second-order valence-electron chi connectivity index (χ2n) is 5.57. The lowest BCUT2D eigenvalue weighted by Gasteiger charge is -2.17. The van der Waals surface area contributed by atoms with Gasteiger partial charge in [-0.15, -0.1) is 22.7 Å². The van der Waals surface area contributed by atoms with E-state index in [1.807, 2.05) is 22.7 Å². The van der Waals surface area contributed by atoms with Crippen molar-refractivity contribution in [2.24, 2.45) is 0 Å². The van der Waals surface area contributed by atoms with Crippen LogP contribution in [-0.2, 0) is 6.42 Å². The van der Waals surface area contributed by atoms with Gasteiger partial charge in [-0.25, -0.2) is 0 Å². The Labute approximate surface area is 137 Å². The molecule has 1 N–H and O–H groups in total. The second kappa shape index (κ2) is 10.1. The normalized spacial score (nSPS) is 12.6. The molecule has 0 radical (unpaired) electrons. The van der Waals surface area contributed by atoms with Crippen molar-refractivity contribution in [2.45, 2.75) is 57.9 Å². The number of hydrogen-bond donors (Lipinski definition) is 1. The monoisotopic (exact) mass is 321 g/mol. The summed E-state index contributed by atoms with van der Waals surface area (Å²) < 4.78 is 0. The van der Waals surface area contributed by atoms with Crippen molar-refractivity contribution in [2.75, 3.05) is 6.54 Å². The molecule has 1 nitrogen and oxygen atoms in total. The molecule has 1 unspecified atom stereocenters. The van der Waals surface area contributed by atoms with Gasteiger partial charge in [-0.2, -0.15) is 0 Å². The lowest BCUT2D eigenvalue weighted by Crippen LogP contribution is -2.23. The third kappa shape index (κ3) is 6.33. The maximum Gasteiger partial charge on any atom is 0.0463 e. The van der Waals surface area contributed by atoms with E-state index in [0.717, 1.165) is 13.0 Å². The standard InChI is InChI=1S/C18H27NS2/c1-2-3-4-5-6-7-12-19-17(18-11-9-14-21-18)15-16-10-8-13-20-16/h8-11,13-14,17,19H,2-7,12,15H2,1H3. The van der Waals surface area contributed by atoms with Crippen molar-refractivity contribution >= 4 is 22.7 Å². The SMILES string of the molecule is CCCCCCCCNC(Cc1cccs1)c1cccs1. The van der Waals surface area contributed by atoms with Gasteiger partial charge in [0.25, 0.3) is 0 Å². The van der Waals surface area contributed by atoms with E-state index < -0.39 is 0 Å². The number of unbranched alkanes of at least 4 members (excludes halogenated alkanes) is 5. The zero-order chi connectivity index (χ0) is 14.8. The van der Waals surface area contributed by atoms with Crippen LogP contribution in [0, 0.1) is 0 Å². The summed E-state index contributed by atoms with van der Waals surface area (Å²) in [5, 5.41) is 8.13. The van der Waals surface area contributed by atoms with Crippen LogP contribution in [0.5, 0.6) is 0 Å². The summed E-state index contributed by atoms with van der Waals surface area (Å²) in [7, 11) is 0.